The predicted octanol–water partition coefficient (Wildman–Crippen LogP) is 2.34. The minimum absolute atomic E-state index is 0.0259. The van der Waals surface area contributed by atoms with Crippen LogP contribution in [0.1, 0.15) is 61.6 Å². The summed E-state index contributed by atoms with van der Waals surface area (Å²) in [7, 11) is -8.25. The minimum atomic E-state index is -4.83. The van der Waals surface area contributed by atoms with Gasteiger partial charge in [-0.15, -0.1) is 0 Å². The second-order valence-electron chi connectivity index (χ2n) is 14.9. The number of rotatable bonds is 13. The maximum Gasteiger partial charge on any atom is 0.475 e. The van der Waals surface area contributed by atoms with E-state index in [0.29, 0.717) is 5.56 Å². The van der Waals surface area contributed by atoms with E-state index in [1.807, 2.05) is 12.1 Å². The number of amidine groups is 1. The molecule has 6 heterocycles. The smallest absolute Gasteiger partial charge is 0.383 e. The highest BCUT2D eigenvalue weighted by Crippen LogP contribution is 2.58. The van der Waals surface area contributed by atoms with Crippen LogP contribution in [0.15, 0.2) is 52.9 Å². The van der Waals surface area contributed by atoms with Crippen LogP contribution >= 0.6 is 15.6 Å². The van der Waals surface area contributed by atoms with Crippen LogP contribution < -0.4 is 27.8 Å². The number of nitrogens with zero attached hydrogens (tertiary/aromatic N) is 8. The number of benzene rings is 1. The highest BCUT2D eigenvalue weighted by atomic mass is 31.2. The van der Waals surface area contributed by atoms with Gasteiger partial charge in [0, 0.05) is 25.0 Å². The average molecular weight is 958 g/mol. The summed E-state index contributed by atoms with van der Waals surface area (Å²) in [6.07, 6.45) is -7.14. The molecule has 3 saturated heterocycles. The van der Waals surface area contributed by atoms with Crippen LogP contribution in [0.4, 0.5) is 11.8 Å². The molecule has 3 fully saturated rings. The maximum atomic E-state index is 14.8. The number of nitrogens with one attached hydrogen (secondary N) is 3. The lowest BCUT2D eigenvalue weighted by Crippen LogP contribution is -2.37. The fourth-order valence-electron chi connectivity index (χ4n) is 6.98. The number of hydrazone groups is 1. The lowest BCUT2D eigenvalue weighted by molar-refractivity contribution is -0.118. The summed E-state index contributed by atoms with van der Waals surface area (Å²) in [5.41, 5.74) is 5.79. The third-order valence-corrected chi connectivity index (χ3v) is 13.2. The van der Waals surface area contributed by atoms with Crippen LogP contribution in [0, 0.1) is 28.6 Å². The SMILES string of the molecule is CO[C@H]1[C@H]2OP(=O)(OCCC#N)OC[C@H]3O[C@@H](n4cnc(/C(=N\N)NC(=O)c5ccccc5)c4N)C[C@@H]3OP(=O)(OCCC#N)OC[C@H]1O[C@H]2n1cnc2c(=O)[nH]c(NC(=O)C(C)C)nc21. The zero-order chi connectivity index (χ0) is 47.2. The van der Waals surface area contributed by atoms with Gasteiger partial charge in [0.2, 0.25) is 11.9 Å². The third kappa shape index (κ3) is 10.5. The molecule has 4 aromatic rings. The van der Waals surface area contributed by atoms with E-state index in [1.165, 1.54) is 28.9 Å². The molecular formula is C37H45N13O14P2. The number of ether oxygens (including phenoxy) is 3. The van der Waals surface area contributed by atoms with Gasteiger partial charge in [0.1, 0.15) is 48.3 Å². The van der Waals surface area contributed by atoms with E-state index >= 15 is 0 Å². The van der Waals surface area contributed by atoms with Gasteiger partial charge in [-0.2, -0.15) is 20.6 Å². The number of phosphoric acid groups is 2. The molecule has 3 aliphatic rings. The Balaban J connectivity index is 1.23. The Morgan fingerprint density at radius 1 is 0.985 bits per heavy atom. The number of nitriles is 2. The number of aromatic nitrogens is 6. The molecule has 352 valence electrons. The van der Waals surface area contributed by atoms with E-state index < -0.39 is 108 Å². The molecule has 27 nitrogen and oxygen atoms in total. The van der Waals surface area contributed by atoms with Crippen LogP contribution in [0.25, 0.3) is 11.2 Å². The molecule has 0 saturated carbocycles. The molecular weight excluding hydrogens is 912 g/mol. The van der Waals surface area contributed by atoms with Gasteiger partial charge in [-0.1, -0.05) is 32.0 Å². The zero-order valence-corrected chi connectivity index (χ0v) is 37.2. The number of phosphoric ester groups is 2. The Morgan fingerprint density at radius 3 is 2.30 bits per heavy atom. The van der Waals surface area contributed by atoms with Crippen molar-refractivity contribution >= 4 is 56.2 Å². The lowest BCUT2D eigenvalue weighted by atomic mass is 10.1. The molecule has 2 bridgehead atoms. The summed E-state index contributed by atoms with van der Waals surface area (Å²) < 4.78 is 85.8. The monoisotopic (exact) mass is 957 g/mol. The van der Waals surface area contributed by atoms with Crippen LogP contribution in [-0.2, 0) is 55.3 Å². The Hall–Kier alpha value is -5.93. The number of amides is 2. The van der Waals surface area contributed by atoms with Gasteiger partial charge >= 0.3 is 15.6 Å². The van der Waals surface area contributed by atoms with Crippen molar-refractivity contribution < 1.29 is 60.1 Å². The molecule has 1 aromatic carbocycles. The number of hydrogen-bond donors (Lipinski definition) is 5. The predicted molar refractivity (Wildman–Crippen MR) is 225 cm³/mol. The van der Waals surface area contributed by atoms with Gasteiger partial charge in [-0.3, -0.25) is 61.0 Å². The molecule has 7 rings (SSSR count). The number of nitrogen functional groups attached to an aromatic ring is 1. The fourth-order valence-corrected chi connectivity index (χ4v) is 9.74. The highest BCUT2D eigenvalue weighted by Gasteiger charge is 2.54. The van der Waals surface area contributed by atoms with Crippen molar-refractivity contribution in [1.29, 1.82) is 10.5 Å². The van der Waals surface area contributed by atoms with E-state index in [9.17, 15) is 34.0 Å². The van der Waals surface area contributed by atoms with Crippen molar-refractivity contribution in [2.75, 3.05) is 44.6 Å². The number of methoxy groups -OCH3 is 1. The van der Waals surface area contributed by atoms with E-state index in [4.69, 9.17) is 52.9 Å². The molecule has 3 aliphatic heterocycles. The van der Waals surface area contributed by atoms with Crippen molar-refractivity contribution in [2.24, 2.45) is 16.9 Å². The van der Waals surface area contributed by atoms with Crippen LogP contribution in [0.2, 0.25) is 0 Å². The molecule has 2 amide bonds. The van der Waals surface area contributed by atoms with Gasteiger partial charge < -0.3 is 31.1 Å². The molecule has 0 aliphatic carbocycles. The lowest BCUT2D eigenvalue weighted by Gasteiger charge is -2.28. The van der Waals surface area contributed by atoms with Gasteiger partial charge in [-0.25, -0.2) is 19.1 Å². The Morgan fingerprint density at radius 2 is 1.65 bits per heavy atom. The van der Waals surface area contributed by atoms with Crippen LogP contribution in [0.5, 0.6) is 0 Å². The first-order valence-corrected chi connectivity index (χ1v) is 23.1. The fraction of sp³-hybridized carbons (Fsp3) is 0.486. The van der Waals surface area contributed by atoms with E-state index in [1.54, 1.807) is 44.2 Å². The molecule has 66 heavy (non-hydrogen) atoms. The Bertz CT molecular complexity index is 2680. The number of anilines is 2. The Kier molecular flexibility index (Phi) is 15.1. The minimum Gasteiger partial charge on any atom is -0.383 e. The van der Waals surface area contributed by atoms with Crippen LogP contribution in [-0.4, -0.2) is 111 Å². The topological polar surface area (TPSA) is 369 Å². The second kappa shape index (κ2) is 20.7. The summed E-state index contributed by atoms with van der Waals surface area (Å²) in [6, 6.07) is 12.0. The maximum absolute atomic E-state index is 14.8. The number of H-pyrrole nitrogens is 1. The quantitative estimate of drug-likeness (QED) is 0.0320. The number of nitrogens with two attached hydrogens (primary N) is 2. The number of carbonyl (C=O) groups is 2. The standard InChI is InChI=1S/C37H45N13O14P2/c1-20(2)33(51)46-37-45-32-27(35(53)47-37)43-19-50(32)36-29-28(56-3)24(62-36)17-60-65(54,57-13-7-11-38)63-22-15-25(61-23(22)16-59-66(55,64-29)58-14-8-12-39)49-18-42-26(30(49)40)31(48-41)44-34(52)21-9-5-4-6-10-21/h4-6,9-10,18-20,22-25,28-29,36H,7-8,13-17,40-41H2,1-3H3,(H,44,48,52)(H2,45,46,47,51,53)/t22-,23+,24+,25+,28+,29+,36+,65?,66?/m0/s1. The summed E-state index contributed by atoms with van der Waals surface area (Å²) in [5, 5.41) is 27.4. The first kappa shape index (κ1) is 48.0. The number of aromatic amines is 1. The first-order chi connectivity index (χ1) is 31.7. The average Bonchev–Trinajstić information content (AvgIpc) is 4.08. The van der Waals surface area contributed by atoms with Crippen molar-refractivity contribution in [3.05, 3.63) is 64.6 Å². The first-order valence-electron chi connectivity index (χ1n) is 20.2. The number of fused-ring (bicyclic) bond motifs is 4. The van der Waals surface area contributed by atoms with Gasteiger partial charge in [0.05, 0.1) is 64.1 Å². The molecule has 0 radical (unpaired) electrons. The molecule has 0 spiro atoms. The molecule has 9 atom stereocenters. The van der Waals surface area contributed by atoms with Crippen molar-refractivity contribution in [3.8, 4) is 12.1 Å². The van der Waals surface area contributed by atoms with Gasteiger partial charge in [0.15, 0.2) is 23.2 Å². The largest absolute Gasteiger partial charge is 0.475 e. The Labute approximate surface area is 374 Å². The summed E-state index contributed by atoms with van der Waals surface area (Å²) >= 11 is 0. The van der Waals surface area contributed by atoms with Crippen LogP contribution in [0.3, 0.4) is 0 Å². The molecule has 3 aromatic heterocycles. The van der Waals surface area contributed by atoms with Crippen molar-refractivity contribution in [3.63, 3.8) is 0 Å². The van der Waals surface area contributed by atoms with E-state index in [2.05, 4.69) is 35.7 Å². The van der Waals surface area contributed by atoms with E-state index in [-0.39, 0.29) is 53.7 Å². The summed E-state index contributed by atoms with van der Waals surface area (Å²) in [4.78, 5) is 54.0. The molecule has 29 heteroatoms. The molecule has 2 unspecified atom stereocenters. The third-order valence-electron chi connectivity index (χ3n) is 10.2. The van der Waals surface area contributed by atoms with Gasteiger partial charge in [-0.05, 0) is 12.1 Å². The van der Waals surface area contributed by atoms with E-state index in [0.717, 1.165) is 0 Å². The summed E-state index contributed by atoms with van der Waals surface area (Å²) in [6.45, 7) is 1.19. The number of carbonyl (C=O) groups excluding carboxylic acids is 2. The van der Waals surface area contributed by atoms with Crippen molar-refractivity contribution in [2.45, 2.75) is 76.1 Å². The van der Waals surface area contributed by atoms with Gasteiger partial charge in [0.25, 0.3) is 11.5 Å². The second-order valence-corrected chi connectivity index (χ2v) is 18.1. The normalized spacial score (nSPS) is 28.1. The number of hydrogen-bond acceptors (Lipinski definition) is 22. The molecule has 7 N–H and O–H groups in total. The zero-order valence-electron chi connectivity index (χ0n) is 35.5. The van der Waals surface area contributed by atoms with Crippen molar-refractivity contribution in [1.82, 2.24) is 34.4 Å². The summed E-state index contributed by atoms with van der Waals surface area (Å²) in [5.74, 6) is 3.72. The number of imidazole rings is 2. The highest BCUT2D eigenvalue weighted by molar-refractivity contribution is 7.48.